The number of nitrogens with zero attached hydrogens (tertiary/aromatic N) is 3. The molecular weight excluding hydrogens is 234 g/mol. The summed E-state index contributed by atoms with van der Waals surface area (Å²) < 4.78 is 2.40. The summed E-state index contributed by atoms with van der Waals surface area (Å²) in [6.45, 7) is 0. The van der Waals surface area contributed by atoms with Crippen LogP contribution in [0.15, 0.2) is 18.5 Å². The molecule has 0 aromatic carbocycles. The Labute approximate surface area is 106 Å². The van der Waals surface area contributed by atoms with E-state index in [1.165, 1.54) is 31.2 Å². The number of aryl methyl sites for hydroxylation is 1. The van der Waals surface area contributed by atoms with Crippen molar-refractivity contribution in [3.8, 4) is 0 Å². The Kier molecular flexibility index (Phi) is 3.02. The molecule has 1 fully saturated rings. The second kappa shape index (κ2) is 4.65. The second-order valence-corrected chi connectivity index (χ2v) is 5.02. The number of hydrogen-bond acceptors (Lipinski definition) is 2. The molecule has 0 spiro atoms. The van der Waals surface area contributed by atoms with Gasteiger partial charge in [0.2, 0.25) is 0 Å². The Bertz CT molecular complexity index is 514. The molecule has 0 atom stereocenters. The zero-order valence-corrected chi connectivity index (χ0v) is 10.5. The monoisotopic (exact) mass is 249 g/mol. The van der Waals surface area contributed by atoms with Gasteiger partial charge in [-0.15, -0.1) is 11.6 Å². The summed E-state index contributed by atoms with van der Waals surface area (Å²) >= 11 is 5.87. The highest BCUT2D eigenvalue weighted by Crippen LogP contribution is 2.33. The Morgan fingerprint density at radius 3 is 2.94 bits per heavy atom. The van der Waals surface area contributed by atoms with Crippen molar-refractivity contribution >= 4 is 22.6 Å². The Balaban J connectivity index is 2.13. The van der Waals surface area contributed by atoms with Crippen molar-refractivity contribution in [2.45, 2.75) is 38.1 Å². The Morgan fingerprint density at radius 2 is 2.18 bits per heavy atom. The standard InChI is InChI=1S/C13H16ClN3/c14-7-5-13-16-11-9-15-8-6-12(11)17(13)10-3-1-2-4-10/h6,8-10H,1-5,7H2. The maximum Gasteiger partial charge on any atom is 0.111 e. The van der Waals surface area contributed by atoms with E-state index < -0.39 is 0 Å². The number of hydrogen-bond donors (Lipinski definition) is 0. The zero-order valence-electron chi connectivity index (χ0n) is 9.77. The molecule has 0 aliphatic heterocycles. The fourth-order valence-corrected chi connectivity index (χ4v) is 3.00. The third kappa shape index (κ3) is 1.93. The third-order valence-electron chi connectivity index (χ3n) is 3.57. The van der Waals surface area contributed by atoms with Gasteiger partial charge >= 0.3 is 0 Å². The summed E-state index contributed by atoms with van der Waals surface area (Å²) in [6.07, 6.45) is 9.73. The maximum atomic E-state index is 5.87. The van der Waals surface area contributed by atoms with Crippen LogP contribution in [0.2, 0.25) is 0 Å². The Morgan fingerprint density at radius 1 is 1.35 bits per heavy atom. The van der Waals surface area contributed by atoms with Gasteiger partial charge in [-0.05, 0) is 18.9 Å². The second-order valence-electron chi connectivity index (χ2n) is 4.64. The van der Waals surface area contributed by atoms with Gasteiger partial charge in [0.1, 0.15) is 11.3 Å². The highest BCUT2D eigenvalue weighted by atomic mass is 35.5. The first kappa shape index (κ1) is 11.0. The number of imidazole rings is 1. The lowest BCUT2D eigenvalue weighted by molar-refractivity contribution is 0.513. The molecule has 0 N–H and O–H groups in total. The van der Waals surface area contributed by atoms with Gasteiger partial charge in [-0.25, -0.2) is 4.98 Å². The maximum absolute atomic E-state index is 5.87. The van der Waals surface area contributed by atoms with Crippen LogP contribution in [0.25, 0.3) is 11.0 Å². The van der Waals surface area contributed by atoms with Crippen LogP contribution in [-0.2, 0) is 6.42 Å². The lowest BCUT2D eigenvalue weighted by atomic mass is 10.2. The predicted molar refractivity (Wildman–Crippen MR) is 69.5 cm³/mol. The lowest BCUT2D eigenvalue weighted by Crippen LogP contribution is -2.09. The number of aromatic nitrogens is 3. The summed E-state index contributed by atoms with van der Waals surface area (Å²) in [5.41, 5.74) is 2.21. The van der Waals surface area contributed by atoms with Crippen molar-refractivity contribution in [2.24, 2.45) is 0 Å². The van der Waals surface area contributed by atoms with Crippen molar-refractivity contribution in [1.29, 1.82) is 0 Å². The van der Waals surface area contributed by atoms with Crippen molar-refractivity contribution in [3.05, 3.63) is 24.3 Å². The van der Waals surface area contributed by atoms with Crippen LogP contribution < -0.4 is 0 Å². The van der Waals surface area contributed by atoms with E-state index in [-0.39, 0.29) is 0 Å². The molecule has 17 heavy (non-hydrogen) atoms. The molecule has 0 radical (unpaired) electrons. The van der Waals surface area contributed by atoms with E-state index in [9.17, 15) is 0 Å². The molecule has 0 saturated heterocycles. The van der Waals surface area contributed by atoms with Gasteiger partial charge in [-0.2, -0.15) is 0 Å². The summed E-state index contributed by atoms with van der Waals surface area (Å²) in [5, 5.41) is 0. The van der Waals surface area contributed by atoms with Gasteiger partial charge in [0.25, 0.3) is 0 Å². The van der Waals surface area contributed by atoms with Gasteiger partial charge in [-0.3, -0.25) is 4.98 Å². The van der Waals surface area contributed by atoms with Gasteiger partial charge in [0, 0.05) is 24.5 Å². The average molecular weight is 250 g/mol. The molecule has 1 aliphatic carbocycles. The van der Waals surface area contributed by atoms with Crippen molar-refractivity contribution < 1.29 is 0 Å². The van der Waals surface area contributed by atoms with Crippen molar-refractivity contribution in [2.75, 3.05) is 5.88 Å². The minimum absolute atomic E-state index is 0.612. The highest BCUT2D eigenvalue weighted by Gasteiger charge is 2.22. The van der Waals surface area contributed by atoms with Gasteiger partial charge in [0.05, 0.1) is 11.7 Å². The molecule has 0 unspecified atom stereocenters. The molecule has 2 aromatic heterocycles. The SMILES string of the molecule is ClCCc1nc2cnccc2n1C1CCCC1. The molecule has 3 nitrogen and oxygen atoms in total. The molecule has 2 heterocycles. The van der Waals surface area contributed by atoms with E-state index in [1.807, 2.05) is 12.4 Å². The van der Waals surface area contributed by atoms with E-state index in [2.05, 4.69) is 20.6 Å². The number of fused-ring (bicyclic) bond motifs is 1. The number of alkyl halides is 1. The average Bonchev–Trinajstić information content (AvgIpc) is 2.94. The molecule has 90 valence electrons. The molecule has 0 bridgehead atoms. The minimum atomic E-state index is 0.612. The number of pyridine rings is 1. The first-order chi connectivity index (χ1) is 8.40. The quantitative estimate of drug-likeness (QED) is 0.782. The molecule has 2 aromatic rings. The fraction of sp³-hybridized carbons (Fsp3) is 0.538. The van der Waals surface area contributed by atoms with Crippen LogP contribution in [0.3, 0.4) is 0 Å². The van der Waals surface area contributed by atoms with Crippen LogP contribution in [0.1, 0.15) is 37.5 Å². The van der Waals surface area contributed by atoms with Gasteiger partial charge in [0.15, 0.2) is 0 Å². The summed E-state index contributed by atoms with van der Waals surface area (Å²) in [7, 11) is 0. The van der Waals surface area contributed by atoms with Crippen LogP contribution in [-0.4, -0.2) is 20.4 Å². The largest absolute Gasteiger partial charge is 0.325 e. The third-order valence-corrected chi connectivity index (χ3v) is 3.76. The molecule has 1 aliphatic rings. The van der Waals surface area contributed by atoms with E-state index in [0.29, 0.717) is 11.9 Å². The van der Waals surface area contributed by atoms with E-state index in [1.54, 1.807) is 0 Å². The summed E-state index contributed by atoms with van der Waals surface area (Å²) in [4.78, 5) is 8.81. The predicted octanol–water partition coefficient (Wildman–Crippen LogP) is 3.33. The molecule has 0 amide bonds. The molecule has 3 rings (SSSR count). The van der Waals surface area contributed by atoms with Crippen molar-refractivity contribution in [1.82, 2.24) is 14.5 Å². The van der Waals surface area contributed by atoms with Gasteiger partial charge < -0.3 is 4.57 Å². The zero-order chi connectivity index (χ0) is 11.7. The summed E-state index contributed by atoms with van der Waals surface area (Å²) in [5.74, 6) is 1.75. The van der Waals surface area contributed by atoms with Crippen LogP contribution in [0.4, 0.5) is 0 Å². The van der Waals surface area contributed by atoms with E-state index >= 15 is 0 Å². The van der Waals surface area contributed by atoms with E-state index in [0.717, 1.165) is 17.8 Å². The number of rotatable bonds is 3. The van der Waals surface area contributed by atoms with Crippen molar-refractivity contribution in [3.63, 3.8) is 0 Å². The van der Waals surface area contributed by atoms with Crippen LogP contribution in [0.5, 0.6) is 0 Å². The molecule has 4 heteroatoms. The lowest BCUT2D eigenvalue weighted by Gasteiger charge is -2.15. The first-order valence-electron chi connectivity index (χ1n) is 6.27. The van der Waals surface area contributed by atoms with Gasteiger partial charge in [-0.1, -0.05) is 12.8 Å². The van der Waals surface area contributed by atoms with E-state index in [4.69, 9.17) is 11.6 Å². The number of halogens is 1. The first-order valence-corrected chi connectivity index (χ1v) is 6.80. The normalized spacial score (nSPS) is 17.0. The van der Waals surface area contributed by atoms with Crippen LogP contribution >= 0.6 is 11.6 Å². The fourth-order valence-electron chi connectivity index (χ4n) is 2.83. The molecular formula is C13H16ClN3. The summed E-state index contributed by atoms with van der Waals surface area (Å²) in [6, 6.07) is 2.68. The molecule has 1 saturated carbocycles. The highest BCUT2D eigenvalue weighted by molar-refractivity contribution is 6.17. The van der Waals surface area contributed by atoms with Crippen LogP contribution in [0, 0.1) is 0 Å². The minimum Gasteiger partial charge on any atom is -0.325 e. The smallest absolute Gasteiger partial charge is 0.111 e. The topological polar surface area (TPSA) is 30.7 Å². The Hall–Kier alpha value is -1.09.